The van der Waals surface area contributed by atoms with Crippen LogP contribution in [0.5, 0.6) is 5.75 Å². The van der Waals surface area contributed by atoms with Gasteiger partial charge in [-0.05, 0) is 46.9 Å². The number of ether oxygens (including phenoxy) is 1. The first kappa shape index (κ1) is 18.7. The van der Waals surface area contributed by atoms with Gasteiger partial charge in [0.1, 0.15) is 5.75 Å². The van der Waals surface area contributed by atoms with Crippen molar-refractivity contribution in [1.29, 1.82) is 0 Å². The maximum Gasteiger partial charge on any atom is 0.262 e. The van der Waals surface area contributed by atoms with Crippen LogP contribution >= 0.6 is 0 Å². The van der Waals surface area contributed by atoms with Gasteiger partial charge in [-0.3, -0.25) is 9.48 Å². The number of carbonyl (C=O) groups excluding carboxylic acids is 1. The molecule has 27 heavy (non-hydrogen) atoms. The molecule has 1 N–H and O–H groups in total. The summed E-state index contributed by atoms with van der Waals surface area (Å²) < 4.78 is 7.50. The summed E-state index contributed by atoms with van der Waals surface area (Å²) in [5.41, 5.74) is 3.02. The molecule has 0 aliphatic heterocycles. The second kappa shape index (κ2) is 8.08. The molecule has 1 amide bonds. The monoisotopic (exact) mass is 363 g/mol. The van der Waals surface area contributed by atoms with Gasteiger partial charge in [0, 0.05) is 18.1 Å². The highest BCUT2D eigenvalue weighted by molar-refractivity contribution is 5.91. The molecular weight excluding hydrogens is 338 g/mol. The minimum atomic E-state index is -0.188. The third-order valence-corrected chi connectivity index (χ3v) is 4.18. The van der Waals surface area contributed by atoms with Gasteiger partial charge in [-0.15, -0.1) is 0 Å². The molecule has 0 atom stereocenters. The van der Waals surface area contributed by atoms with Crippen molar-refractivity contribution < 1.29 is 9.53 Å². The largest absolute Gasteiger partial charge is 0.484 e. The number of nitrogens with one attached hydrogen (secondary N) is 1. The Morgan fingerprint density at radius 3 is 2.67 bits per heavy atom. The third-order valence-electron chi connectivity index (χ3n) is 4.18. The van der Waals surface area contributed by atoms with Crippen LogP contribution in [-0.2, 0) is 16.8 Å². The van der Waals surface area contributed by atoms with Crippen molar-refractivity contribution >= 4 is 11.6 Å². The molecule has 0 fully saturated rings. The minimum Gasteiger partial charge on any atom is -0.484 e. The van der Waals surface area contributed by atoms with E-state index in [0.717, 1.165) is 11.3 Å². The van der Waals surface area contributed by atoms with Gasteiger partial charge in [0.15, 0.2) is 6.61 Å². The van der Waals surface area contributed by atoms with Gasteiger partial charge in [-0.2, -0.15) is 5.10 Å². The Labute approximate surface area is 160 Å². The summed E-state index contributed by atoms with van der Waals surface area (Å²) in [4.78, 5) is 12.2. The molecule has 0 aliphatic rings. The highest BCUT2D eigenvalue weighted by Gasteiger charge is 2.14. The molecular formula is C22H25N3O2. The average Bonchev–Trinajstić information content (AvgIpc) is 3.13. The fourth-order valence-corrected chi connectivity index (χ4v) is 2.73. The van der Waals surface area contributed by atoms with Crippen LogP contribution in [0, 0.1) is 0 Å². The molecule has 1 aromatic heterocycles. The summed E-state index contributed by atoms with van der Waals surface area (Å²) in [7, 11) is 0. The Morgan fingerprint density at radius 1 is 1.11 bits per heavy atom. The summed E-state index contributed by atoms with van der Waals surface area (Å²) in [6.45, 7) is 7.07. The number of rotatable bonds is 6. The van der Waals surface area contributed by atoms with Crippen molar-refractivity contribution in [2.24, 2.45) is 0 Å². The Balaban J connectivity index is 1.57. The normalized spacial score (nSPS) is 11.2. The zero-order valence-electron chi connectivity index (χ0n) is 16.0. The standard InChI is InChI=1S/C22H25N3O2/c1-22(2,3)18-8-5-10-20(14-18)27-16-21(26)24-19-9-4-7-17(13-19)15-25-12-6-11-23-25/h4-14H,15-16H2,1-3H3,(H,24,26). The number of amides is 1. The SMILES string of the molecule is CC(C)(C)c1cccc(OCC(=O)Nc2cccc(Cn3cccn3)c2)c1. The van der Waals surface area contributed by atoms with E-state index in [1.54, 1.807) is 6.20 Å². The number of benzene rings is 2. The number of nitrogens with zero attached hydrogens (tertiary/aromatic N) is 2. The molecule has 0 saturated carbocycles. The van der Waals surface area contributed by atoms with E-state index >= 15 is 0 Å². The van der Waals surface area contributed by atoms with Crippen molar-refractivity contribution in [3.63, 3.8) is 0 Å². The van der Waals surface area contributed by atoms with Gasteiger partial charge < -0.3 is 10.1 Å². The maximum atomic E-state index is 12.2. The first-order chi connectivity index (χ1) is 12.9. The molecule has 3 aromatic rings. The van der Waals surface area contributed by atoms with Crippen LogP contribution in [0.25, 0.3) is 0 Å². The maximum absolute atomic E-state index is 12.2. The quantitative estimate of drug-likeness (QED) is 0.712. The number of aromatic nitrogens is 2. The second-order valence-electron chi connectivity index (χ2n) is 7.52. The van der Waals surface area contributed by atoms with E-state index in [1.807, 2.05) is 59.4 Å². The summed E-state index contributed by atoms with van der Waals surface area (Å²) >= 11 is 0. The second-order valence-corrected chi connectivity index (χ2v) is 7.52. The predicted molar refractivity (Wildman–Crippen MR) is 107 cm³/mol. The number of hydrogen-bond donors (Lipinski definition) is 1. The zero-order valence-corrected chi connectivity index (χ0v) is 16.0. The number of hydrogen-bond acceptors (Lipinski definition) is 3. The van der Waals surface area contributed by atoms with E-state index in [-0.39, 0.29) is 17.9 Å². The topological polar surface area (TPSA) is 56.1 Å². The Bertz CT molecular complexity index is 896. The van der Waals surface area contributed by atoms with Gasteiger partial charge in [0.05, 0.1) is 6.54 Å². The Hall–Kier alpha value is -3.08. The third kappa shape index (κ3) is 5.45. The van der Waals surface area contributed by atoms with E-state index in [4.69, 9.17) is 4.74 Å². The summed E-state index contributed by atoms with van der Waals surface area (Å²) in [6, 6.07) is 17.5. The molecule has 0 saturated heterocycles. The minimum absolute atomic E-state index is 0.0308. The van der Waals surface area contributed by atoms with E-state index in [1.165, 1.54) is 5.56 Å². The van der Waals surface area contributed by atoms with Crippen LogP contribution in [0.2, 0.25) is 0 Å². The number of carbonyl (C=O) groups is 1. The Kier molecular flexibility index (Phi) is 5.60. The average molecular weight is 363 g/mol. The van der Waals surface area contributed by atoms with Crippen LogP contribution in [0.1, 0.15) is 31.9 Å². The first-order valence-electron chi connectivity index (χ1n) is 9.00. The van der Waals surface area contributed by atoms with Crippen LogP contribution in [-0.4, -0.2) is 22.3 Å². The zero-order chi connectivity index (χ0) is 19.3. The van der Waals surface area contributed by atoms with E-state index in [9.17, 15) is 4.79 Å². The molecule has 1 heterocycles. The molecule has 0 spiro atoms. The molecule has 3 rings (SSSR count). The van der Waals surface area contributed by atoms with Gasteiger partial charge in [0.2, 0.25) is 0 Å². The highest BCUT2D eigenvalue weighted by Crippen LogP contribution is 2.25. The fourth-order valence-electron chi connectivity index (χ4n) is 2.73. The van der Waals surface area contributed by atoms with Crippen LogP contribution < -0.4 is 10.1 Å². The molecule has 5 heteroatoms. The van der Waals surface area contributed by atoms with Crippen LogP contribution in [0.15, 0.2) is 67.0 Å². The molecule has 140 valence electrons. The van der Waals surface area contributed by atoms with Crippen molar-refractivity contribution in [3.8, 4) is 5.75 Å². The fraction of sp³-hybridized carbons (Fsp3) is 0.273. The number of anilines is 1. The first-order valence-corrected chi connectivity index (χ1v) is 9.00. The van der Waals surface area contributed by atoms with Gasteiger partial charge in [0.25, 0.3) is 5.91 Å². The Morgan fingerprint density at radius 2 is 1.93 bits per heavy atom. The van der Waals surface area contributed by atoms with E-state index < -0.39 is 0 Å². The van der Waals surface area contributed by atoms with Crippen molar-refractivity contribution in [2.75, 3.05) is 11.9 Å². The molecule has 0 aliphatic carbocycles. The molecule has 0 radical (unpaired) electrons. The molecule has 5 nitrogen and oxygen atoms in total. The van der Waals surface area contributed by atoms with Crippen LogP contribution in [0.3, 0.4) is 0 Å². The van der Waals surface area contributed by atoms with Gasteiger partial charge >= 0.3 is 0 Å². The lowest BCUT2D eigenvalue weighted by Crippen LogP contribution is -2.20. The lowest BCUT2D eigenvalue weighted by Gasteiger charge is -2.19. The van der Waals surface area contributed by atoms with Crippen molar-refractivity contribution in [1.82, 2.24) is 9.78 Å². The summed E-state index contributed by atoms with van der Waals surface area (Å²) in [5.74, 6) is 0.511. The predicted octanol–water partition coefficient (Wildman–Crippen LogP) is 4.25. The lowest BCUT2D eigenvalue weighted by atomic mass is 9.87. The lowest BCUT2D eigenvalue weighted by molar-refractivity contribution is -0.118. The van der Waals surface area contributed by atoms with E-state index in [0.29, 0.717) is 12.3 Å². The molecule has 0 bridgehead atoms. The van der Waals surface area contributed by atoms with E-state index in [2.05, 4.69) is 37.3 Å². The highest BCUT2D eigenvalue weighted by atomic mass is 16.5. The van der Waals surface area contributed by atoms with Crippen molar-refractivity contribution in [2.45, 2.75) is 32.7 Å². The summed E-state index contributed by atoms with van der Waals surface area (Å²) in [6.07, 6.45) is 3.66. The smallest absolute Gasteiger partial charge is 0.262 e. The molecule has 2 aromatic carbocycles. The van der Waals surface area contributed by atoms with Crippen LogP contribution in [0.4, 0.5) is 5.69 Å². The van der Waals surface area contributed by atoms with Gasteiger partial charge in [-0.1, -0.05) is 45.0 Å². The van der Waals surface area contributed by atoms with Gasteiger partial charge in [-0.25, -0.2) is 0 Å². The molecule has 0 unspecified atom stereocenters. The summed E-state index contributed by atoms with van der Waals surface area (Å²) in [5, 5.41) is 7.08. The van der Waals surface area contributed by atoms with Crippen molar-refractivity contribution in [3.05, 3.63) is 78.1 Å².